The minimum Gasteiger partial charge on any atom is -0.350 e. The van der Waals surface area contributed by atoms with E-state index in [-0.39, 0.29) is 11.4 Å². The van der Waals surface area contributed by atoms with Gasteiger partial charge < -0.3 is 10.6 Å². The highest BCUT2D eigenvalue weighted by Gasteiger charge is 2.18. The molecule has 0 unspecified atom stereocenters. The molecule has 100 valence electrons. The summed E-state index contributed by atoms with van der Waals surface area (Å²) in [5.41, 5.74) is -0.0811. The number of hydrogen-bond acceptors (Lipinski definition) is 2. The maximum Gasteiger partial charge on any atom is 0.234 e. The van der Waals surface area contributed by atoms with E-state index in [1.165, 1.54) is 38.5 Å². The molecular weight excluding hydrogens is 212 g/mol. The molecule has 1 aliphatic carbocycles. The van der Waals surface area contributed by atoms with Crippen molar-refractivity contribution in [2.75, 3.05) is 6.54 Å². The predicted octanol–water partition coefficient (Wildman–Crippen LogP) is 2.60. The Morgan fingerprint density at radius 3 is 2.29 bits per heavy atom. The van der Waals surface area contributed by atoms with Gasteiger partial charge in [-0.15, -0.1) is 0 Å². The minimum absolute atomic E-state index is 0.0811. The van der Waals surface area contributed by atoms with Crippen LogP contribution in [0.2, 0.25) is 0 Å². The number of amides is 1. The van der Waals surface area contributed by atoms with Crippen molar-refractivity contribution in [2.24, 2.45) is 0 Å². The summed E-state index contributed by atoms with van der Waals surface area (Å²) in [7, 11) is 0. The fourth-order valence-electron chi connectivity index (χ4n) is 2.23. The summed E-state index contributed by atoms with van der Waals surface area (Å²) in [5.74, 6) is 0.126. The zero-order valence-electron chi connectivity index (χ0n) is 11.6. The van der Waals surface area contributed by atoms with Crippen LogP contribution in [0.1, 0.15) is 65.7 Å². The van der Waals surface area contributed by atoms with E-state index in [0.717, 1.165) is 6.42 Å². The molecule has 0 saturated heterocycles. The molecule has 0 aliphatic heterocycles. The molecule has 2 N–H and O–H groups in total. The zero-order valence-corrected chi connectivity index (χ0v) is 11.6. The summed E-state index contributed by atoms with van der Waals surface area (Å²) in [4.78, 5) is 11.8. The Bertz CT molecular complexity index is 230. The van der Waals surface area contributed by atoms with Crippen molar-refractivity contribution in [1.82, 2.24) is 10.6 Å². The first-order valence-electron chi connectivity index (χ1n) is 7.08. The molecular formula is C14H28N2O. The standard InChI is InChI=1S/C14H28N2O/c1-4-14(2,3)16-13(17)11-15-12-9-7-5-6-8-10-12/h12,15H,4-11H2,1-3H3,(H,16,17). The van der Waals surface area contributed by atoms with Gasteiger partial charge >= 0.3 is 0 Å². The fourth-order valence-corrected chi connectivity index (χ4v) is 2.23. The van der Waals surface area contributed by atoms with Crippen LogP contribution in [-0.2, 0) is 4.79 Å². The van der Waals surface area contributed by atoms with Crippen LogP contribution in [0, 0.1) is 0 Å². The van der Waals surface area contributed by atoms with E-state index >= 15 is 0 Å². The molecule has 0 aromatic rings. The molecule has 17 heavy (non-hydrogen) atoms. The van der Waals surface area contributed by atoms with Gasteiger partial charge in [-0.2, -0.15) is 0 Å². The van der Waals surface area contributed by atoms with E-state index in [1.807, 2.05) is 0 Å². The van der Waals surface area contributed by atoms with Crippen LogP contribution in [-0.4, -0.2) is 24.0 Å². The summed E-state index contributed by atoms with van der Waals surface area (Å²) in [6, 6.07) is 0.549. The van der Waals surface area contributed by atoms with Crippen LogP contribution in [0.5, 0.6) is 0 Å². The van der Waals surface area contributed by atoms with Crippen molar-refractivity contribution in [3.05, 3.63) is 0 Å². The third-order valence-electron chi connectivity index (χ3n) is 3.77. The summed E-state index contributed by atoms with van der Waals surface area (Å²) in [5, 5.41) is 6.46. The molecule has 3 heteroatoms. The van der Waals surface area contributed by atoms with Crippen LogP contribution in [0.15, 0.2) is 0 Å². The number of carbonyl (C=O) groups is 1. The first-order valence-corrected chi connectivity index (χ1v) is 7.08. The lowest BCUT2D eigenvalue weighted by molar-refractivity contribution is -0.122. The highest BCUT2D eigenvalue weighted by atomic mass is 16.2. The van der Waals surface area contributed by atoms with Crippen LogP contribution < -0.4 is 10.6 Å². The highest BCUT2D eigenvalue weighted by molar-refractivity contribution is 5.78. The molecule has 1 rings (SSSR count). The smallest absolute Gasteiger partial charge is 0.234 e. The lowest BCUT2D eigenvalue weighted by atomic mass is 10.0. The molecule has 1 saturated carbocycles. The van der Waals surface area contributed by atoms with Crippen LogP contribution >= 0.6 is 0 Å². The van der Waals surface area contributed by atoms with Crippen LogP contribution in [0.4, 0.5) is 0 Å². The second-order valence-electron chi connectivity index (χ2n) is 5.86. The summed E-state index contributed by atoms with van der Waals surface area (Å²) in [6.07, 6.45) is 8.73. The van der Waals surface area contributed by atoms with Gasteiger partial charge in [0, 0.05) is 11.6 Å². The van der Waals surface area contributed by atoms with Gasteiger partial charge in [0.15, 0.2) is 0 Å². The highest BCUT2D eigenvalue weighted by Crippen LogP contribution is 2.16. The lowest BCUT2D eigenvalue weighted by Crippen LogP contribution is -2.47. The minimum atomic E-state index is -0.0811. The van der Waals surface area contributed by atoms with Gasteiger partial charge in [-0.25, -0.2) is 0 Å². The van der Waals surface area contributed by atoms with E-state index in [4.69, 9.17) is 0 Å². The first-order chi connectivity index (χ1) is 8.03. The normalized spacial score (nSPS) is 18.8. The Morgan fingerprint density at radius 1 is 1.18 bits per heavy atom. The maximum absolute atomic E-state index is 11.8. The fraction of sp³-hybridized carbons (Fsp3) is 0.929. The monoisotopic (exact) mass is 240 g/mol. The lowest BCUT2D eigenvalue weighted by Gasteiger charge is -2.25. The van der Waals surface area contributed by atoms with Gasteiger partial charge in [-0.1, -0.05) is 32.6 Å². The average Bonchev–Trinajstić information content (AvgIpc) is 2.54. The molecule has 1 aliphatic rings. The van der Waals surface area contributed by atoms with Crippen molar-refractivity contribution in [3.8, 4) is 0 Å². The van der Waals surface area contributed by atoms with Crippen molar-refractivity contribution in [2.45, 2.75) is 77.3 Å². The van der Waals surface area contributed by atoms with Crippen LogP contribution in [0.25, 0.3) is 0 Å². The maximum atomic E-state index is 11.8. The largest absolute Gasteiger partial charge is 0.350 e. The molecule has 0 heterocycles. The number of rotatable bonds is 5. The quantitative estimate of drug-likeness (QED) is 0.725. The van der Waals surface area contributed by atoms with Gasteiger partial charge in [-0.3, -0.25) is 4.79 Å². The van der Waals surface area contributed by atoms with E-state index in [1.54, 1.807) is 0 Å². The van der Waals surface area contributed by atoms with Gasteiger partial charge in [0.25, 0.3) is 0 Å². The van der Waals surface area contributed by atoms with Gasteiger partial charge in [0.2, 0.25) is 5.91 Å². The van der Waals surface area contributed by atoms with Gasteiger partial charge in [0.05, 0.1) is 6.54 Å². The second kappa shape index (κ2) is 7.00. The molecule has 1 amide bonds. The van der Waals surface area contributed by atoms with Gasteiger partial charge in [-0.05, 0) is 33.1 Å². The number of carbonyl (C=O) groups excluding carboxylic acids is 1. The summed E-state index contributed by atoms with van der Waals surface area (Å²) >= 11 is 0. The van der Waals surface area contributed by atoms with Gasteiger partial charge in [0.1, 0.15) is 0 Å². The van der Waals surface area contributed by atoms with E-state index in [9.17, 15) is 4.79 Å². The Labute approximate surface area is 106 Å². The van der Waals surface area contributed by atoms with Crippen molar-refractivity contribution < 1.29 is 4.79 Å². The number of hydrogen-bond donors (Lipinski definition) is 2. The summed E-state index contributed by atoms with van der Waals surface area (Å²) < 4.78 is 0. The average molecular weight is 240 g/mol. The van der Waals surface area contributed by atoms with E-state index < -0.39 is 0 Å². The molecule has 0 aromatic carbocycles. The second-order valence-corrected chi connectivity index (χ2v) is 5.86. The van der Waals surface area contributed by atoms with E-state index in [2.05, 4.69) is 31.4 Å². The van der Waals surface area contributed by atoms with Crippen molar-refractivity contribution in [3.63, 3.8) is 0 Å². The Morgan fingerprint density at radius 2 is 1.76 bits per heavy atom. The third-order valence-corrected chi connectivity index (χ3v) is 3.77. The molecule has 0 atom stereocenters. The summed E-state index contributed by atoms with van der Waals surface area (Å²) in [6.45, 7) is 6.69. The van der Waals surface area contributed by atoms with Crippen molar-refractivity contribution >= 4 is 5.91 Å². The van der Waals surface area contributed by atoms with Crippen molar-refractivity contribution in [1.29, 1.82) is 0 Å². The molecule has 0 spiro atoms. The SMILES string of the molecule is CCC(C)(C)NC(=O)CNC1CCCCCC1. The topological polar surface area (TPSA) is 41.1 Å². The predicted molar refractivity (Wildman–Crippen MR) is 72.0 cm³/mol. The molecule has 0 bridgehead atoms. The molecule has 3 nitrogen and oxygen atoms in total. The molecule has 1 fully saturated rings. The van der Waals surface area contributed by atoms with E-state index in [0.29, 0.717) is 12.6 Å². The van der Waals surface area contributed by atoms with Crippen LogP contribution in [0.3, 0.4) is 0 Å². The Balaban J connectivity index is 2.22. The Kier molecular flexibility index (Phi) is 5.96. The number of nitrogens with one attached hydrogen (secondary N) is 2. The molecule has 0 radical (unpaired) electrons. The third kappa shape index (κ3) is 6.06. The first kappa shape index (κ1) is 14.5. The Hall–Kier alpha value is -0.570. The molecule has 0 aromatic heterocycles. The zero-order chi connectivity index (χ0) is 12.7.